The summed E-state index contributed by atoms with van der Waals surface area (Å²) in [7, 11) is 0. The van der Waals surface area contributed by atoms with Crippen LogP contribution in [0.25, 0.3) is 0 Å². The second-order valence-electron chi connectivity index (χ2n) is 8.54. The Bertz CT molecular complexity index is 522. The zero-order chi connectivity index (χ0) is 14.8. The van der Waals surface area contributed by atoms with Crippen LogP contribution >= 0.6 is 0 Å². The Labute approximate surface area is 128 Å². The van der Waals surface area contributed by atoms with Crippen molar-refractivity contribution in [1.29, 1.82) is 0 Å². The van der Waals surface area contributed by atoms with E-state index in [-0.39, 0.29) is 5.41 Å². The molecule has 3 N–H and O–H groups in total. The topological polar surface area (TPSA) is 46.2 Å². The minimum atomic E-state index is 0.0634. The van der Waals surface area contributed by atoms with Crippen molar-refractivity contribution in [2.24, 2.45) is 34.3 Å². The van der Waals surface area contributed by atoms with E-state index < -0.39 is 0 Å². The molecule has 4 rings (SSSR count). The highest BCUT2D eigenvalue weighted by atomic mass is 16.3. The third-order valence-electron chi connectivity index (χ3n) is 7.68. The molecule has 2 saturated carbocycles. The van der Waals surface area contributed by atoms with Crippen LogP contribution in [0.15, 0.2) is 23.5 Å². The van der Waals surface area contributed by atoms with Gasteiger partial charge in [-0.05, 0) is 74.2 Å². The van der Waals surface area contributed by atoms with Gasteiger partial charge in [-0.1, -0.05) is 25.5 Å². The van der Waals surface area contributed by atoms with Crippen molar-refractivity contribution >= 4 is 0 Å². The first-order chi connectivity index (χ1) is 9.95. The number of rotatable bonds is 0. The number of hydrogen-bond donors (Lipinski definition) is 2. The second-order valence-corrected chi connectivity index (χ2v) is 8.54. The molecule has 0 radical (unpaired) electrons. The molecule has 2 heteroatoms. The van der Waals surface area contributed by atoms with Crippen LogP contribution in [0.2, 0.25) is 0 Å². The largest absolute Gasteiger partial charge is 0.512 e. The van der Waals surface area contributed by atoms with E-state index in [0.29, 0.717) is 23.1 Å². The highest BCUT2D eigenvalue weighted by molar-refractivity contribution is 5.28. The molecule has 4 aliphatic rings. The quantitative estimate of drug-likeness (QED) is 0.651. The van der Waals surface area contributed by atoms with Gasteiger partial charge < -0.3 is 10.8 Å². The minimum absolute atomic E-state index is 0.0634. The maximum Gasteiger partial charge on any atom is 0.0944 e. The Morgan fingerprint density at radius 2 is 1.81 bits per heavy atom. The van der Waals surface area contributed by atoms with Crippen LogP contribution in [0.3, 0.4) is 0 Å². The third kappa shape index (κ3) is 1.75. The number of allylic oxidation sites excluding steroid dienone is 3. The van der Waals surface area contributed by atoms with Crippen molar-refractivity contribution in [2.45, 2.75) is 64.8 Å². The molecule has 0 spiro atoms. The summed E-state index contributed by atoms with van der Waals surface area (Å²) in [6, 6.07) is 0.381. The third-order valence-corrected chi connectivity index (χ3v) is 7.68. The van der Waals surface area contributed by atoms with E-state index in [9.17, 15) is 5.11 Å². The molecule has 0 aromatic heterocycles. The zero-order valence-corrected chi connectivity index (χ0v) is 13.4. The highest BCUT2D eigenvalue weighted by Crippen LogP contribution is 2.64. The smallest absolute Gasteiger partial charge is 0.0944 e. The van der Waals surface area contributed by atoms with Crippen molar-refractivity contribution in [3.8, 4) is 0 Å². The summed E-state index contributed by atoms with van der Waals surface area (Å²) >= 11 is 0. The van der Waals surface area contributed by atoms with E-state index in [4.69, 9.17) is 5.73 Å². The first-order valence-corrected chi connectivity index (χ1v) is 8.80. The lowest BCUT2D eigenvalue weighted by Gasteiger charge is -2.57. The van der Waals surface area contributed by atoms with Gasteiger partial charge in [0.1, 0.15) is 0 Å². The number of aliphatic hydroxyl groups is 1. The fourth-order valence-electron chi connectivity index (χ4n) is 6.23. The van der Waals surface area contributed by atoms with Crippen molar-refractivity contribution in [3.63, 3.8) is 0 Å². The van der Waals surface area contributed by atoms with E-state index in [1.54, 1.807) is 5.57 Å². The Kier molecular flexibility index (Phi) is 2.89. The second kappa shape index (κ2) is 4.38. The van der Waals surface area contributed by atoms with Gasteiger partial charge in [-0.25, -0.2) is 0 Å². The molecule has 0 heterocycles. The lowest BCUT2D eigenvalue weighted by Crippen LogP contribution is -2.50. The van der Waals surface area contributed by atoms with Crippen molar-refractivity contribution in [3.05, 3.63) is 23.5 Å². The van der Waals surface area contributed by atoms with Gasteiger partial charge in [0, 0.05) is 11.5 Å². The molecule has 0 aliphatic heterocycles. The van der Waals surface area contributed by atoms with Crippen LogP contribution in [-0.4, -0.2) is 11.1 Å². The lowest BCUT2D eigenvalue weighted by atomic mass is 9.48. The van der Waals surface area contributed by atoms with Gasteiger partial charge in [0.05, 0.1) is 5.76 Å². The zero-order valence-electron chi connectivity index (χ0n) is 13.4. The predicted molar refractivity (Wildman–Crippen MR) is 85.8 cm³/mol. The summed E-state index contributed by atoms with van der Waals surface area (Å²) < 4.78 is 0. The van der Waals surface area contributed by atoms with Crippen molar-refractivity contribution in [1.82, 2.24) is 0 Å². The molecular weight excluding hydrogens is 258 g/mol. The maximum absolute atomic E-state index is 10.3. The Morgan fingerprint density at radius 1 is 1.05 bits per heavy atom. The van der Waals surface area contributed by atoms with E-state index in [0.717, 1.165) is 31.1 Å². The Morgan fingerprint density at radius 3 is 2.62 bits per heavy atom. The fraction of sp³-hybridized carbons (Fsp3) is 0.789. The van der Waals surface area contributed by atoms with E-state index in [2.05, 4.69) is 26.0 Å². The fourth-order valence-corrected chi connectivity index (χ4v) is 6.23. The first kappa shape index (κ1) is 13.9. The van der Waals surface area contributed by atoms with Gasteiger partial charge in [0.15, 0.2) is 0 Å². The van der Waals surface area contributed by atoms with Crippen LogP contribution < -0.4 is 5.73 Å². The van der Waals surface area contributed by atoms with Crippen molar-refractivity contribution < 1.29 is 5.11 Å². The van der Waals surface area contributed by atoms with Gasteiger partial charge >= 0.3 is 0 Å². The predicted octanol–water partition coefficient (Wildman–Crippen LogP) is 4.33. The Balaban J connectivity index is 1.68. The molecule has 2 nitrogen and oxygen atoms in total. The molecular formula is C19H29NO. The number of nitrogens with two attached hydrogens (primary N) is 1. The molecule has 0 saturated heterocycles. The summed E-state index contributed by atoms with van der Waals surface area (Å²) in [6.45, 7) is 4.80. The maximum atomic E-state index is 10.3. The standard InChI is InChI=1S/C19H29NO/c1-18-9-7-13(20)11-12(18)3-4-14-15-5-6-17(21)19(15,2)10-8-16(14)18/h3,6,13-16,21H,4-5,7-11,20H2,1-2H3/t13-,14-,15-,16-,18-,19-/m0/s1. The number of hydrogen-bond acceptors (Lipinski definition) is 2. The summed E-state index contributed by atoms with van der Waals surface area (Å²) in [5.41, 5.74) is 8.32. The van der Waals surface area contributed by atoms with Gasteiger partial charge in [0.2, 0.25) is 0 Å². The van der Waals surface area contributed by atoms with E-state index in [1.165, 1.54) is 25.7 Å². The number of fused-ring (bicyclic) bond motifs is 5. The summed E-state index contributed by atoms with van der Waals surface area (Å²) in [4.78, 5) is 0. The molecule has 116 valence electrons. The SMILES string of the molecule is C[C@]12CC[C@H](N)CC1=CC[C@@H]1[C@@H]2CC[C@]2(C)C(O)=CC[C@@H]12. The van der Waals surface area contributed by atoms with Crippen LogP contribution in [-0.2, 0) is 0 Å². The van der Waals surface area contributed by atoms with Gasteiger partial charge in [-0.2, -0.15) is 0 Å². The molecule has 2 fully saturated rings. The number of aliphatic hydroxyl groups excluding tert-OH is 1. The van der Waals surface area contributed by atoms with Gasteiger partial charge in [-0.3, -0.25) is 0 Å². The lowest BCUT2D eigenvalue weighted by molar-refractivity contribution is -0.0300. The molecule has 6 atom stereocenters. The van der Waals surface area contributed by atoms with Crippen molar-refractivity contribution in [2.75, 3.05) is 0 Å². The van der Waals surface area contributed by atoms with E-state index in [1.807, 2.05) is 0 Å². The molecule has 0 aromatic rings. The highest BCUT2D eigenvalue weighted by Gasteiger charge is 2.56. The molecule has 0 unspecified atom stereocenters. The molecule has 4 aliphatic carbocycles. The molecule has 21 heavy (non-hydrogen) atoms. The summed E-state index contributed by atoms with van der Waals surface area (Å²) in [6.07, 6.45) is 12.9. The minimum Gasteiger partial charge on any atom is -0.512 e. The van der Waals surface area contributed by atoms with E-state index >= 15 is 0 Å². The first-order valence-electron chi connectivity index (χ1n) is 8.80. The van der Waals surface area contributed by atoms with Crippen LogP contribution in [0.1, 0.15) is 58.8 Å². The summed E-state index contributed by atoms with van der Waals surface area (Å²) in [5, 5.41) is 10.3. The normalized spacial score (nSPS) is 52.3. The Hall–Kier alpha value is -0.760. The van der Waals surface area contributed by atoms with Crippen LogP contribution in [0.5, 0.6) is 0 Å². The van der Waals surface area contributed by atoms with Crippen LogP contribution in [0.4, 0.5) is 0 Å². The average molecular weight is 287 g/mol. The van der Waals surface area contributed by atoms with Gasteiger partial charge in [0.25, 0.3) is 0 Å². The molecule has 0 aromatic carbocycles. The average Bonchev–Trinajstić information content (AvgIpc) is 2.76. The molecule has 0 bridgehead atoms. The monoisotopic (exact) mass is 287 g/mol. The molecule has 0 amide bonds. The van der Waals surface area contributed by atoms with Gasteiger partial charge in [-0.15, -0.1) is 0 Å². The summed E-state index contributed by atoms with van der Waals surface area (Å²) in [5.74, 6) is 2.90. The van der Waals surface area contributed by atoms with Crippen LogP contribution in [0, 0.1) is 28.6 Å².